The van der Waals surface area contributed by atoms with E-state index in [1.165, 1.54) is 16.7 Å². The van der Waals surface area contributed by atoms with E-state index in [2.05, 4.69) is 13.8 Å². The number of aliphatic carboxylic acids is 1. The van der Waals surface area contributed by atoms with Gasteiger partial charge in [0.2, 0.25) is 0 Å². The molecule has 0 radical (unpaired) electrons. The average molecular weight is 300 g/mol. The minimum Gasteiger partial charge on any atom is -0.480 e. The van der Waals surface area contributed by atoms with Crippen molar-refractivity contribution in [3.63, 3.8) is 0 Å². The van der Waals surface area contributed by atoms with E-state index in [0.29, 0.717) is 17.0 Å². The number of carboxylic acids is 1. The zero-order valence-corrected chi connectivity index (χ0v) is 13.3. The van der Waals surface area contributed by atoms with Gasteiger partial charge in [-0.15, -0.1) is 11.8 Å². The van der Waals surface area contributed by atoms with Crippen molar-refractivity contribution in [1.29, 1.82) is 0 Å². The van der Waals surface area contributed by atoms with E-state index in [1.807, 2.05) is 7.05 Å². The second kappa shape index (κ2) is 5.84. The number of rotatable bonds is 2. The number of thioether (sulfide) groups is 1. The third kappa shape index (κ3) is 3.22. The minimum atomic E-state index is -0.901. The van der Waals surface area contributed by atoms with Crippen LogP contribution >= 0.6 is 11.8 Å². The van der Waals surface area contributed by atoms with E-state index in [0.717, 1.165) is 25.7 Å². The Bertz CT molecular complexity index is 390. The van der Waals surface area contributed by atoms with Gasteiger partial charge < -0.3 is 14.9 Å². The van der Waals surface area contributed by atoms with E-state index in [-0.39, 0.29) is 12.1 Å². The number of hydrogen-bond acceptors (Lipinski definition) is 3. The lowest BCUT2D eigenvalue weighted by molar-refractivity contribution is -0.141. The van der Waals surface area contributed by atoms with E-state index in [4.69, 9.17) is 5.11 Å². The van der Waals surface area contributed by atoms with Gasteiger partial charge in [0.05, 0.1) is 5.88 Å². The van der Waals surface area contributed by atoms with Crippen molar-refractivity contribution in [2.75, 3.05) is 18.7 Å². The highest BCUT2D eigenvalue weighted by atomic mass is 32.2. The Balaban J connectivity index is 1.97. The normalized spacial score (nSPS) is 26.6. The molecule has 1 atom stereocenters. The Hall–Kier alpha value is -0.910. The Morgan fingerprint density at radius 3 is 2.45 bits per heavy atom. The molecule has 0 bridgehead atoms. The third-order valence-electron chi connectivity index (χ3n) is 4.57. The Morgan fingerprint density at radius 1 is 1.30 bits per heavy atom. The summed E-state index contributed by atoms with van der Waals surface area (Å²) < 4.78 is 0. The summed E-state index contributed by atoms with van der Waals surface area (Å²) in [6.45, 7) is 4.53. The maximum absolute atomic E-state index is 12.5. The molecule has 1 heterocycles. The Morgan fingerprint density at radius 2 is 1.90 bits per heavy atom. The molecule has 0 aromatic rings. The van der Waals surface area contributed by atoms with Gasteiger partial charge in [-0.05, 0) is 31.1 Å². The molecule has 1 unspecified atom stereocenters. The topological polar surface area (TPSA) is 60.9 Å². The van der Waals surface area contributed by atoms with Crippen molar-refractivity contribution in [1.82, 2.24) is 9.80 Å². The third-order valence-corrected chi connectivity index (χ3v) is 5.58. The van der Waals surface area contributed by atoms with Gasteiger partial charge in [-0.1, -0.05) is 13.8 Å². The highest BCUT2D eigenvalue weighted by Gasteiger charge is 2.38. The van der Waals surface area contributed by atoms with Crippen LogP contribution in [0.1, 0.15) is 39.5 Å². The monoisotopic (exact) mass is 300 g/mol. The SMILES string of the molecule is CN(C(=O)N1CSCC1C(=O)O)C1CCC(C)(C)CC1. The standard InChI is InChI=1S/C14H24N2O3S/c1-14(2)6-4-10(5-7-14)15(3)13(19)16-9-20-8-11(16)12(17)18/h10-11H,4-9H2,1-3H3,(H,17,18). The summed E-state index contributed by atoms with van der Waals surface area (Å²) >= 11 is 1.51. The van der Waals surface area contributed by atoms with Gasteiger partial charge in [0.15, 0.2) is 0 Å². The molecule has 0 aromatic carbocycles. The van der Waals surface area contributed by atoms with E-state index >= 15 is 0 Å². The van der Waals surface area contributed by atoms with Crippen LogP contribution in [0.2, 0.25) is 0 Å². The zero-order chi connectivity index (χ0) is 14.9. The van der Waals surface area contributed by atoms with Gasteiger partial charge in [0.1, 0.15) is 6.04 Å². The predicted molar refractivity (Wildman–Crippen MR) is 79.8 cm³/mol. The lowest BCUT2D eigenvalue weighted by atomic mass is 9.75. The molecule has 114 valence electrons. The van der Waals surface area contributed by atoms with Gasteiger partial charge in [-0.2, -0.15) is 0 Å². The highest BCUT2D eigenvalue weighted by Crippen LogP contribution is 2.37. The molecule has 2 fully saturated rings. The van der Waals surface area contributed by atoms with Crippen molar-refractivity contribution in [2.45, 2.75) is 51.6 Å². The first-order valence-electron chi connectivity index (χ1n) is 7.16. The van der Waals surface area contributed by atoms with E-state index in [9.17, 15) is 9.59 Å². The molecule has 2 amide bonds. The maximum Gasteiger partial charge on any atom is 0.327 e. The molecule has 1 aliphatic carbocycles. The summed E-state index contributed by atoms with van der Waals surface area (Å²) in [7, 11) is 1.81. The summed E-state index contributed by atoms with van der Waals surface area (Å²) in [6.07, 6.45) is 4.25. The summed E-state index contributed by atoms with van der Waals surface area (Å²) in [5.41, 5.74) is 0.369. The molecule has 0 aromatic heterocycles. The fourth-order valence-electron chi connectivity index (χ4n) is 2.97. The van der Waals surface area contributed by atoms with Crippen molar-refractivity contribution in [3.05, 3.63) is 0 Å². The molecule has 1 N–H and O–H groups in total. The van der Waals surface area contributed by atoms with Crippen molar-refractivity contribution >= 4 is 23.8 Å². The second-order valence-electron chi connectivity index (χ2n) is 6.61. The van der Waals surface area contributed by atoms with Crippen molar-refractivity contribution < 1.29 is 14.7 Å². The molecule has 20 heavy (non-hydrogen) atoms. The molecule has 6 heteroatoms. The summed E-state index contributed by atoms with van der Waals surface area (Å²) in [5.74, 6) is 0.0758. The van der Waals surface area contributed by atoms with Crippen LogP contribution in [0.3, 0.4) is 0 Å². The van der Waals surface area contributed by atoms with Gasteiger partial charge >= 0.3 is 12.0 Å². The van der Waals surface area contributed by atoms with Crippen LogP contribution in [-0.2, 0) is 4.79 Å². The van der Waals surface area contributed by atoms with Crippen molar-refractivity contribution in [2.24, 2.45) is 5.41 Å². The molecule has 0 spiro atoms. The first-order valence-corrected chi connectivity index (χ1v) is 8.31. The molecule has 1 saturated carbocycles. The number of carbonyl (C=O) groups excluding carboxylic acids is 1. The second-order valence-corrected chi connectivity index (χ2v) is 7.61. The minimum absolute atomic E-state index is 0.132. The quantitative estimate of drug-likeness (QED) is 0.851. The lowest BCUT2D eigenvalue weighted by Gasteiger charge is -2.40. The number of urea groups is 1. The van der Waals surface area contributed by atoms with Crippen LogP contribution in [-0.4, -0.2) is 57.7 Å². The fraction of sp³-hybridized carbons (Fsp3) is 0.857. The van der Waals surface area contributed by atoms with Crippen LogP contribution in [0.25, 0.3) is 0 Å². The summed E-state index contributed by atoms with van der Waals surface area (Å²) in [6, 6.07) is -0.558. The van der Waals surface area contributed by atoms with E-state index in [1.54, 1.807) is 4.90 Å². The van der Waals surface area contributed by atoms with Crippen LogP contribution in [0.15, 0.2) is 0 Å². The zero-order valence-electron chi connectivity index (χ0n) is 12.5. The lowest BCUT2D eigenvalue weighted by Crippen LogP contribution is -2.51. The number of carbonyl (C=O) groups is 2. The molecule has 2 aliphatic rings. The van der Waals surface area contributed by atoms with Crippen LogP contribution in [0, 0.1) is 5.41 Å². The summed E-state index contributed by atoms with van der Waals surface area (Å²) in [5, 5.41) is 9.17. The van der Waals surface area contributed by atoms with Gasteiger partial charge in [0, 0.05) is 18.8 Å². The average Bonchev–Trinajstić information content (AvgIpc) is 2.86. The van der Waals surface area contributed by atoms with Crippen molar-refractivity contribution in [3.8, 4) is 0 Å². The maximum atomic E-state index is 12.5. The van der Waals surface area contributed by atoms with Crippen LogP contribution in [0.4, 0.5) is 4.79 Å². The van der Waals surface area contributed by atoms with Gasteiger partial charge in [-0.3, -0.25) is 0 Å². The Labute approximate surface area is 124 Å². The summed E-state index contributed by atoms with van der Waals surface area (Å²) in [4.78, 5) is 26.9. The fourth-order valence-corrected chi connectivity index (χ4v) is 4.10. The number of amides is 2. The largest absolute Gasteiger partial charge is 0.480 e. The van der Waals surface area contributed by atoms with Gasteiger partial charge in [-0.25, -0.2) is 9.59 Å². The number of carboxylic acid groups (broad SMARTS) is 1. The molecule has 1 saturated heterocycles. The Kier molecular flexibility index (Phi) is 4.52. The molecule has 1 aliphatic heterocycles. The molecular formula is C14H24N2O3S. The highest BCUT2D eigenvalue weighted by molar-refractivity contribution is 7.99. The smallest absolute Gasteiger partial charge is 0.327 e. The molecular weight excluding hydrogens is 276 g/mol. The number of nitrogens with zero attached hydrogens (tertiary/aromatic N) is 2. The van der Waals surface area contributed by atoms with Crippen LogP contribution in [0.5, 0.6) is 0 Å². The first-order chi connectivity index (χ1) is 9.32. The van der Waals surface area contributed by atoms with Crippen LogP contribution < -0.4 is 0 Å². The first kappa shape index (κ1) is 15.5. The molecule has 5 nitrogen and oxygen atoms in total. The van der Waals surface area contributed by atoms with Gasteiger partial charge in [0.25, 0.3) is 0 Å². The predicted octanol–water partition coefficient (Wildman–Crippen LogP) is 2.47. The van der Waals surface area contributed by atoms with E-state index < -0.39 is 12.0 Å². The molecule has 2 rings (SSSR count). The number of hydrogen-bond donors (Lipinski definition) is 1.